The molecule has 0 unspecified atom stereocenters. The molecule has 4 heteroatoms. The largest absolute Gasteiger partial charge is 0.338 e. The van der Waals surface area contributed by atoms with Gasteiger partial charge in [-0.2, -0.15) is 0 Å². The summed E-state index contributed by atoms with van der Waals surface area (Å²) in [4.78, 5) is 26.3. The van der Waals surface area contributed by atoms with Crippen molar-refractivity contribution in [2.75, 3.05) is 11.9 Å². The Morgan fingerprint density at radius 2 is 1.58 bits per heavy atom. The van der Waals surface area contributed by atoms with Gasteiger partial charge < -0.3 is 10.2 Å². The van der Waals surface area contributed by atoms with Crippen LogP contribution in [0, 0.1) is 0 Å². The molecule has 0 fully saturated rings. The van der Waals surface area contributed by atoms with Crippen molar-refractivity contribution >= 4 is 17.5 Å². The van der Waals surface area contributed by atoms with E-state index >= 15 is 0 Å². The van der Waals surface area contributed by atoms with Crippen molar-refractivity contribution in [1.82, 2.24) is 4.90 Å². The summed E-state index contributed by atoms with van der Waals surface area (Å²) in [7, 11) is 0. The topological polar surface area (TPSA) is 49.4 Å². The predicted octanol–water partition coefficient (Wildman–Crippen LogP) is 4.36. The molecule has 0 aliphatic heterocycles. The van der Waals surface area contributed by atoms with Crippen LogP contribution in [0.4, 0.5) is 5.69 Å². The van der Waals surface area contributed by atoms with Crippen LogP contribution in [0.1, 0.15) is 45.2 Å². The molecule has 0 aliphatic carbocycles. The number of nitrogens with zero attached hydrogens (tertiary/aromatic N) is 1. The van der Waals surface area contributed by atoms with Crippen molar-refractivity contribution in [3.05, 3.63) is 65.7 Å². The van der Waals surface area contributed by atoms with Crippen molar-refractivity contribution in [2.45, 2.75) is 46.1 Å². The minimum Gasteiger partial charge on any atom is -0.338 e. The van der Waals surface area contributed by atoms with E-state index in [4.69, 9.17) is 0 Å². The third-order valence-corrected chi connectivity index (χ3v) is 4.30. The molecule has 0 aliphatic rings. The molecule has 0 aromatic heterocycles. The maximum Gasteiger partial charge on any atom is 0.233 e. The summed E-state index contributed by atoms with van der Waals surface area (Å²) in [6, 6.07) is 17.6. The highest BCUT2D eigenvalue weighted by atomic mass is 16.2. The Morgan fingerprint density at radius 1 is 0.962 bits per heavy atom. The molecule has 1 N–H and O–H groups in total. The minimum atomic E-state index is -0.287. The molecule has 0 saturated carbocycles. The third kappa shape index (κ3) is 5.73. The number of carbonyl (C=O) groups excluding carboxylic acids is 2. The highest BCUT2D eigenvalue weighted by Crippen LogP contribution is 2.23. The van der Waals surface area contributed by atoms with Crippen molar-refractivity contribution in [3.8, 4) is 0 Å². The molecule has 4 nitrogen and oxygen atoms in total. The molecule has 2 aromatic rings. The summed E-state index contributed by atoms with van der Waals surface area (Å²) in [6.07, 6.45) is -0.151. The van der Waals surface area contributed by atoms with Gasteiger partial charge in [0.1, 0.15) is 6.42 Å². The first-order valence-electron chi connectivity index (χ1n) is 9.01. The van der Waals surface area contributed by atoms with Crippen LogP contribution in [-0.2, 0) is 21.5 Å². The zero-order valence-electron chi connectivity index (χ0n) is 16.1. The lowest BCUT2D eigenvalue weighted by Crippen LogP contribution is -2.33. The number of hydrogen-bond acceptors (Lipinski definition) is 2. The Balaban J connectivity index is 1.92. The van der Waals surface area contributed by atoms with Gasteiger partial charge in [-0.25, -0.2) is 0 Å². The summed E-state index contributed by atoms with van der Waals surface area (Å²) in [6.45, 7) is 9.44. The van der Waals surface area contributed by atoms with Crippen LogP contribution in [0.15, 0.2) is 54.6 Å². The first-order valence-corrected chi connectivity index (χ1v) is 9.01. The molecule has 0 spiro atoms. The van der Waals surface area contributed by atoms with E-state index in [1.165, 1.54) is 5.56 Å². The summed E-state index contributed by atoms with van der Waals surface area (Å²) in [5, 5.41) is 2.81. The highest BCUT2D eigenvalue weighted by Gasteiger charge is 2.17. The molecule has 0 radical (unpaired) electrons. The predicted molar refractivity (Wildman–Crippen MR) is 106 cm³/mol. The molecule has 0 bridgehead atoms. The second-order valence-electron chi connectivity index (χ2n) is 7.45. The van der Waals surface area contributed by atoms with E-state index in [1.807, 2.05) is 61.5 Å². The molecular formula is C22H28N2O2. The Morgan fingerprint density at radius 3 is 2.12 bits per heavy atom. The fourth-order valence-electron chi connectivity index (χ4n) is 2.69. The molecule has 2 aromatic carbocycles. The maximum absolute atomic E-state index is 12.4. The summed E-state index contributed by atoms with van der Waals surface area (Å²) in [5.41, 5.74) is 3.03. The lowest BCUT2D eigenvalue weighted by atomic mass is 9.87. The first-order chi connectivity index (χ1) is 12.3. The first kappa shape index (κ1) is 19.7. The van der Waals surface area contributed by atoms with E-state index in [9.17, 15) is 9.59 Å². The Labute approximate surface area is 156 Å². The van der Waals surface area contributed by atoms with Gasteiger partial charge in [0.2, 0.25) is 11.8 Å². The SMILES string of the molecule is CCN(Cc1ccccc1)C(=O)CC(=O)Nc1ccc(C(C)(C)C)cc1. The van der Waals surface area contributed by atoms with Crippen LogP contribution in [0.25, 0.3) is 0 Å². The third-order valence-electron chi connectivity index (χ3n) is 4.30. The molecule has 0 atom stereocenters. The van der Waals surface area contributed by atoms with E-state index < -0.39 is 0 Å². The van der Waals surface area contributed by atoms with Crippen LogP contribution in [0.3, 0.4) is 0 Å². The van der Waals surface area contributed by atoms with Gasteiger partial charge >= 0.3 is 0 Å². The molecule has 138 valence electrons. The zero-order valence-corrected chi connectivity index (χ0v) is 16.1. The molecule has 2 rings (SSSR count). The van der Waals surface area contributed by atoms with Gasteiger partial charge in [0, 0.05) is 18.8 Å². The molecule has 2 amide bonds. The Kier molecular flexibility index (Phi) is 6.56. The Hall–Kier alpha value is -2.62. The quantitative estimate of drug-likeness (QED) is 0.785. The van der Waals surface area contributed by atoms with Gasteiger partial charge in [-0.05, 0) is 35.6 Å². The number of carbonyl (C=O) groups is 2. The fourth-order valence-corrected chi connectivity index (χ4v) is 2.69. The van der Waals surface area contributed by atoms with Gasteiger partial charge in [-0.3, -0.25) is 9.59 Å². The van der Waals surface area contributed by atoms with Crippen molar-refractivity contribution in [1.29, 1.82) is 0 Å². The highest BCUT2D eigenvalue weighted by molar-refractivity contribution is 6.03. The van der Waals surface area contributed by atoms with Gasteiger partial charge in [-0.15, -0.1) is 0 Å². The van der Waals surface area contributed by atoms with Crippen LogP contribution < -0.4 is 5.32 Å². The van der Waals surface area contributed by atoms with Gasteiger partial charge in [0.05, 0.1) is 0 Å². The number of nitrogens with one attached hydrogen (secondary N) is 1. The van der Waals surface area contributed by atoms with E-state index in [0.29, 0.717) is 18.8 Å². The summed E-state index contributed by atoms with van der Waals surface area (Å²) >= 11 is 0. The average molecular weight is 352 g/mol. The van der Waals surface area contributed by atoms with Crippen molar-refractivity contribution in [2.24, 2.45) is 0 Å². The van der Waals surface area contributed by atoms with Crippen LogP contribution in [-0.4, -0.2) is 23.3 Å². The van der Waals surface area contributed by atoms with Gasteiger partial charge in [0.15, 0.2) is 0 Å². The number of anilines is 1. The molecular weight excluding hydrogens is 324 g/mol. The number of rotatable bonds is 6. The summed E-state index contributed by atoms with van der Waals surface area (Å²) < 4.78 is 0. The average Bonchev–Trinajstić information content (AvgIpc) is 2.60. The van der Waals surface area contributed by atoms with Gasteiger partial charge in [-0.1, -0.05) is 63.2 Å². The van der Waals surface area contributed by atoms with Crippen molar-refractivity contribution in [3.63, 3.8) is 0 Å². The lowest BCUT2D eigenvalue weighted by molar-refractivity contribution is -0.134. The normalized spacial score (nSPS) is 11.1. The Bertz CT molecular complexity index is 731. The lowest BCUT2D eigenvalue weighted by Gasteiger charge is -2.21. The molecule has 0 saturated heterocycles. The number of benzene rings is 2. The fraction of sp³-hybridized carbons (Fsp3) is 0.364. The van der Waals surface area contributed by atoms with Crippen molar-refractivity contribution < 1.29 is 9.59 Å². The standard InChI is InChI=1S/C22H28N2O2/c1-5-24(16-17-9-7-6-8-10-17)21(26)15-20(25)23-19-13-11-18(12-14-19)22(2,3)4/h6-14H,5,15-16H2,1-4H3,(H,23,25). The summed E-state index contributed by atoms with van der Waals surface area (Å²) in [5.74, 6) is -0.454. The monoisotopic (exact) mass is 352 g/mol. The maximum atomic E-state index is 12.4. The smallest absolute Gasteiger partial charge is 0.233 e. The number of amides is 2. The van der Waals surface area contributed by atoms with Crippen LogP contribution in [0.2, 0.25) is 0 Å². The van der Waals surface area contributed by atoms with E-state index in [-0.39, 0.29) is 23.7 Å². The van der Waals surface area contributed by atoms with E-state index in [0.717, 1.165) is 5.56 Å². The van der Waals surface area contributed by atoms with E-state index in [1.54, 1.807) is 4.90 Å². The second-order valence-corrected chi connectivity index (χ2v) is 7.45. The number of hydrogen-bond donors (Lipinski definition) is 1. The second kappa shape index (κ2) is 8.65. The van der Waals surface area contributed by atoms with E-state index in [2.05, 4.69) is 26.1 Å². The zero-order chi connectivity index (χ0) is 19.2. The van der Waals surface area contributed by atoms with Crippen LogP contribution >= 0.6 is 0 Å². The molecule has 0 heterocycles. The minimum absolute atomic E-state index is 0.0670. The van der Waals surface area contributed by atoms with Crippen LogP contribution in [0.5, 0.6) is 0 Å². The van der Waals surface area contributed by atoms with Gasteiger partial charge in [0.25, 0.3) is 0 Å². The molecule has 26 heavy (non-hydrogen) atoms.